The molecule has 1 aromatic rings. The van der Waals surface area contributed by atoms with E-state index in [2.05, 4.69) is 14.6 Å². The molecule has 1 aliphatic heterocycles. The summed E-state index contributed by atoms with van der Waals surface area (Å²) in [6.45, 7) is 0.574. The van der Waals surface area contributed by atoms with Crippen LogP contribution in [-0.4, -0.2) is 75.0 Å². The molecule has 0 bridgehead atoms. The molecule has 10 nitrogen and oxygen atoms in total. The minimum Gasteiger partial charge on any atom is -0.466 e. The van der Waals surface area contributed by atoms with E-state index in [1.165, 1.54) is 0 Å². The van der Waals surface area contributed by atoms with Crippen LogP contribution in [0.3, 0.4) is 0 Å². The highest BCUT2D eigenvalue weighted by atomic mass is 16.7. The Morgan fingerprint density at radius 3 is 2.47 bits per heavy atom. The topological polar surface area (TPSA) is 130 Å². The highest BCUT2D eigenvalue weighted by molar-refractivity contribution is 5.98. The number of ketones is 1. The molecular weight excluding hydrogens is 394 g/mol. The van der Waals surface area contributed by atoms with Gasteiger partial charge >= 0.3 is 11.9 Å². The fraction of sp³-hybridized carbons (Fsp3) is 0.400. The van der Waals surface area contributed by atoms with Gasteiger partial charge < -0.3 is 24.8 Å². The van der Waals surface area contributed by atoms with E-state index < -0.39 is 23.7 Å². The van der Waals surface area contributed by atoms with Crippen molar-refractivity contribution in [3.63, 3.8) is 0 Å². The number of carbonyl (C=O) groups excluding carboxylic acids is 3. The third-order valence-electron chi connectivity index (χ3n) is 4.57. The minimum atomic E-state index is -0.922. The SMILES string of the molecule is COC(=O)C=C(O/N=C(\N)[C@@H]1C[C@@H](OC)CN1CC(=O)c1ccccc1)C(=O)OC. The second kappa shape index (κ2) is 11.1. The number of amidine groups is 1. The van der Waals surface area contributed by atoms with Gasteiger partial charge in [0.15, 0.2) is 11.6 Å². The minimum absolute atomic E-state index is 0.0232. The number of carbonyl (C=O) groups is 3. The summed E-state index contributed by atoms with van der Waals surface area (Å²) in [5, 5.41) is 3.77. The maximum Gasteiger partial charge on any atom is 0.377 e. The number of benzene rings is 1. The molecule has 0 amide bonds. The van der Waals surface area contributed by atoms with Gasteiger partial charge in [-0.3, -0.25) is 9.69 Å². The summed E-state index contributed by atoms with van der Waals surface area (Å²) in [6, 6.07) is 8.43. The van der Waals surface area contributed by atoms with Crippen LogP contribution >= 0.6 is 0 Å². The largest absolute Gasteiger partial charge is 0.466 e. The summed E-state index contributed by atoms with van der Waals surface area (Å²) in [6.07, 6.45) is 1.12. The molecule has 1 aromatic carbocycles. The summed E-state index contributed by atoms with van der Waals surface area (Å²) in [4.78, 5) is 42.6. The molecule has 0 spiro atoms. The average molecular weight is 419 g/mol. The zero-order valence-electron chi connectivity index (χ0n) is 17.1. The fourth-order valence-electron chi connectivity index (χ4n) is 2.97. The number of nitrogens with two attached hydrogens (primary N) is 1. The second-order valence-corrected chi connectivity index (χ2v) is 6.46. The molecule has 30 heavy (non-hydrogen) atoms. The van der Waals surface area contributed by atoms with Crippen molar-refractivity contribution in [3.05, 3.63) is 47.7 Å². The lowest BCUT2D eigenvalue weighted by molar-refractivity contribution is -0.142. The lowest BCUT2D eigenvalue weighted by Gasteiger charge is -2.22. The highest BCUT2D eigenvalue weighted by Crippen LogP contribution is 2.21. The van der Waals surface area contributed by atoms with E-state index in [1.807, 2.05) is 11.0 Å². The van der Waals surface area contributed by atoms with Crippen molar-refractivity contribution in [3.8, 4) is 0 Å². The zero-order valence-corrected chi connectivity index (χ0v) is 17.1. The number of rotatable bonds is 9. The summed E-state index contributed by atoms with van der Waals surface area (Å²) >= 11 is 0. The van der Waals surface area contributed by atoms with Crippen LogP contribution in [0.1, 0.15) is 16.8 Å². The molecule has 0 aromatic heterocycles. The fourth-order valence-corrected chi connectivity index (χ4v) is 2.97. The normalized spacial score (nSPS) is 20.0. The van der Waals surface area contributed by atoms with E-state index in [4.69, 9.17) is 15.3 Å². The van der Waals surface area contributed by atoms with Gasteiger partial charge in [-0.05, 0) is 6.42 Å². The first-order valence-corrected chi connectivity index (χ1v) is 9.13. The van der Waals surface area contributed by atoms with Gasteiger partial charge in [-0.15, -0.1) is 0 Å². The molecular formula is C20H25N3O7. The van der Waals surface area contributed by atoms with Crippen LogP contribution in [0.4, 0.5) is 0 Å². The van der Waals surface area contributed by atoms with Crippen LogP contribution in [0.2, 0.25) is 0 Å². The Kier molecular flexibility index (Phi) is 8.51. The smallest absolute Gasteiger partial charge is 0.377 e. The van der Waals surface area contributed by atoms with E-state index in [9.17, 15) is 14.4 Å². The molecule has 0 saturated carbocycles. The number of ether oxygens (including phenoxy) is 3. The monoisotopic (exact) mass is 419 g/mol. The first kappa shape index (κ1) is 23.0. The molecule has 0 radical (unpaired) electrons. The molecule has 2 rings (SSSR count). The quantitative estimate of drug-likeness (QED) is 0.115. The lowest BCUT2D eigenvalue weighted by atomic mass is 10.1. The number of esters is 2. The predicted octanol–water partition coefficient (Wildman–Crippen LogP) is 0.477. The Balaban J connectivity index is 2.16. The Labute approximate surface area is 174 Å². The van der Waals surface area contributed by atoms with E-state index in [-0.39, 0.29) is 24.3 Å². The molecule has 10 heteroatoms. The van der Waals surface area contributed by atoms with E-state index in [0.717, 1.165) is 20.3 Å². The van der Waals surface area contributed by atoms with Gasteiger partial charge in [-0.25, -0.2) is 9.59 Å². The molecule has 1 saturated heterocycles. The van der Waals surface area contributed by atoms with Gasteiger partial charge in [0, 0.05) is 19.2 Å². The lowest BCUT2D eigenvalue weighted by Crippen LogP contribution is -2.43. The van der Waals surface area contributed by atoms with Crippen molar-refractivity contribution >= 4 is 23.6 Å². The Hall–Kier alpha value is -3.24. The van der Waals surface area contributed by atoms with Crippen LogP contribution in [0, 0.1) is 0 Å². The summed E-state index contributed by atoms with van der Waals surface area (Å²) in [5.74, 6) is -2.28. The predicted molar refractivity (Wildman–Crippen MR) is 106 cm³/mol. The number of methoxy groups -OCH3 is 3. The molecule has 1 heterocycles. The van der Waals surface area contributed by atoms with Gasteiger partial charge in [0.1, 0.15) is 0 Å². The third-order valence-corrected chi connectivity index (χ3v) is 4.57. The molecule has 162 valence electrons. The van der Waals surface area contributed by atoms with Crippen molar-refractivity contribution in [2.24, 2.45) is 10.9 Å². The van der Waals surface area contributed by atoms with Crippen LogP contribution in [0.25, 0.3) is 0 Å². The molecule has 0 unspecified atom stereocenters. The zero-order chi connectivity index (χ0) is 22.1. The maximum atomic E-state index is 12.6. The van der Waals surface area contributed by atoms with Crippen LogP contribution in [0.5, 0.6) is 0 Å². The van der Waals surface area contributed by atoms with Gasteiger partial charge in [0.2, 0.25) is 5.76 Å². The van der Waals surface area contributed by atoms with Crippen molar-refractivity contribution in [2.75, 3.05) is 34.4 Å². The van der Waals surface area contributed by atoms with Crippen LogP contribution in [-0.2, 0) is 28.6 Å². The molecule has 1 fully saturated rings. The standard InChI is InChI=1S/C20H25N3O7/c1-27-14-9-15(23(11-14)12-16(24)13-7-5-4-6-8-13)19(21)22-30-17(20(26)29-3)10-18(25)28-2/h4-8,10,14-15H,9,11-12H2,1-3H3,(H2,21,22)/t14-,15+/m1/s1. The molecule has 2 atom stereocenters. The van der Waals surface area contributed by atoms with E-state index in [0.29, 0.717) is 18.5 Å². The number of hydrogen-bond donors (Lipinski definition) is 1. The van der Waals surface area contributed by atoms with Gasteiger partial charge in [0.05, 0.1) is 39.0 Å². The molecule has 1 aliphatic rings. The summed E-state index contributed by atoms with van der Waals surface area (Å²) in [7, 11) is 3.85. The van der Waals surface area contributed by atoms with Gasteiger partial charge in [-0.2, -0.15) is 0 Å². The average Bonchev–Trinajstić information content (AvgIpc) is 3.19. The third kappa shape index (κ3) is 6.13. The first-order chi connectivity index (χ1) is 14.4. The Morgan fingerprint density at radius 1 is 1.17 bits per heavy atom. The maximum absolute atomic E-state index is 12.6. The molecule has 2 N–H and O–H groups in total. The summed E-state index contributed by atoms with van der Waals surface area (Å²) in [5.41, 5.74) is 6.66. The van der Waals surface area contributed by atoms with Gasteiger partial charge in [0.25, 0.3) is 0 Å². The number of Topliss-reactive ketones (excluding diaryl/α,β-unsaturated/α-hetero) is 1. The number of hydrogen-bond acceptors (Lipinski definition) is 9. The Morgan fingerprint density at radius 2 is 1.87 bits per heavy atom. The highest BCUT2D eigenvalue weighted by Gasteiger charge is 2.36. The van der Waals surface area contributed by atoms with Crippen molar-refractivity contribution in [1.29, 1.82) is 0 Å². The number of nitrogens with zero attached hydrogens (tertiary/aromatic N) is 2. The van der Waals surface area contributed by atoms with Crippen molar-refractivity contribution in [1.82, 2.24) is 4.90 Å². The van der Waals surface area contributed by atoms with Crippen LogP contribution < -0.4 is 5.73 Å². The number of oxime groups is 1. The first-order valence-electron chi connectivity index (χ1n) is 9.13. The molecule has 0 aliphatic carbocycles. The van der Waals surface area contributed by atoms with Gasteiger partial charge in [-0.1, -0.05) is 35.5 Å². The van der Waals surface area contributed by atoms with Crippen molar-refractivity contribution < 1.29 is 33.4 Å². The number of likely N-dealkylation sites (tertiary alicyclic amines) is 1. The summed E-state index contributed by atoms with van der Waals surface area (Å²) < 4.78 is 14.4. The Bertz CT molecular complexity index is 823. The van der Waals surface area contributed by atoms with E-state index in [1.54, 1.807) is 31.4 Å². The second-order valence-electron chi connectivity index (χ2n) is 6.46. The van der Waals surface area contributed by atoms with Crippen LogP contribution in [0.15, 0.2) is 47.3 Å². The van der Waals surface area contributed by atoms with Crippen molar-refractivity contribution in [2.45, 2.75) is 18.6 Å². The van der Waals surface area contributed by atoms with E-state index >= 15 is 0 Å².